The minimum Gasteiger partial charge on any atom is -0.504 e. The number of rotatable bonds is 7. The third-order valence-corrected chi connectivity index (χ3v) is 4.75. The number of hydrogen-bond donors (Lipinski definition) is 2. The molecule has 0 saturated carbocycles. The van der Waals surface area contributed by atoms with Gasteiger partial charge in [-0.1, -0.05) is 51.3 Å². The van der Waals surface area contributed by atoms with Crippen LogP contribution in [0.1, 0.15) is 57.4 Å². The minimum atomic E-state index is -0.160. The van der Waals surface area contributed by atoms with Crippen molar-refractivity contribution < 1.29 is 10.2 Å². The van der Waals surface area contributed by atoms with E-state index in [-0.39, 0.29) is 17.4 Å². The molecule has 2 aromatic carbocycles. The molecule has 0 saturated heterocycles. The maximum atomic E-state index is 10.6. The number of aromatic hydroxyl groups is 2. The van der Waals surface area contributed by atoms with Gasteiger partial charge < -0.3 is 10.2 Å². The summed E-state index contributed by atoms with van der Waals surface area (Å²) in [4.78, 5) is 1.38. The molecule has 0 radical (unpaired) electrons. The summed E-state index contributed by atoms with van der Waals surface area (Å²) in [7, 11) is 0. The SMILES string of the molecule is CCCCCC(CC)c1ccc(-n2nc3ccccc3n2)c(O)c1O. The van der Waals surface area contributed by atoms with Gasteiger partial charge in [0.1, 0.15) is 16.7 Å². The lowest BCUT2D eigenvalue weighted by molar-refractivity contribution is 0.389. The average Bonchev–Trinajstić information content (AvgIpc) is 3.05. The van der Waals surface area contributed by atoms with Gasteiger partial charge >= 0.3 is 0 Å². The molecule has 3 rings (SSSR count). The highest BCUT2D eigenvalue weighted by Gasteiger charge is 2.20. The number of fused-ring (bicyclic) bond motifs is 1. The van der Waals surface area contributed by atoms with Crippen molar-refractivity contribution >= 4 is 11.0 Å². The van der Waals surface area contributed by atoms with E-state index in [0.29, 0.717) is 5.69 Å². The first-order valence-corrected chi connectivity index (χ1v) is 9.03. The summed E-state index contributed by atoms with van der Waals surface area (Å²) in [5.41, 5.74) is 2.69. The van der Waals surface area contributed by atoms with E-state index in [1.165, 1.54) is 17.6 Å². The van der Waals surface area contributed by atoms with Gasteiger partial charge in [-0.05, 0) is 37.0 Å². The molecule has 1 unspecified atom stereocenters. The number of unbranched alkanes of at least 4 members (excludes halogenated alkanes) is 2. The molecule has 0 aliphatic carbocycles. The van der Waals surface area contributed by atoms with E-state index in [0.717, 1.165) is 35.9 Å². The lowest BCUT2D eigenvalue weighted by Gasteiger charge is -2.18. The first-order valence-electron chi connectivity index (χ1n) is 9.03. The van der Waals surface area contributed by atoms with E-state index in [4.69, 9.17) is 0 Å². The fourth-order valence-corrected chi connectivity index (χ4v) is 3.26. The Morgan fingerprint density at radius 1 is 0.920 bits per heavy atom. The van der Waals surface area contributed by atoms with Crippen molar-refractivity contribution in [2.24, 2.45) is 0 Å². The maximum absolute atomic E-state index is 10.6. The van der Waals surface area contributed by atoms with Crippen molar-refractivity contribution in [3.8, 4) is 17.2 Å². The van der Waals surface area contributed by atoms with E-state index in [9.17, 15) is 10.2 Å². The molecule has 5 heteroatoms. The third-order valence-electron chi connectivity index (χ3n) is 4.75. The van der Waals surface area contributed by atoms with Gasteiger partial charge in [-0.15, -0.1) is 15.0 Å². The monoisotopic (exact) mass is 339 g/mol. The molecule has 0 amide bonds. The van der Waals surface area contributed by atoms with Gasteiger partial charge in [0.15, 0.2) is 11.5 Å². The molecule has 5 nitrogen and oxygen atoms in total. The number of nitrogens with zero attached hydrogens (tertiary/aromatic N) is 3. The molecule has 2 N–H and O–H groups in total. The van der Waals surface area contributed by atoms with Gasteiger partial charge in [-0.2, -0.15) is 0 Å². The van der Waals surface area contributed by atoms with Crippen LogP contribution in [0.15, 0.2) is 36.4 Å². The molecule has 1 atom stereocenters. The second-order valence-corrected chi connectivity index (χ2v) is 6.45. The molecule has 0 aliphatic heterocycles. The Bertz CT molecular complexity index is 824. The number of hydrogen-bond acceptors (Lipinski definition) is 4. The van der Waals surface area contributed by atoms with E-state index < -0.39 is 0 Å². The minimum absolute atomic E-state index is 0.0535. The van der Waals surface area contributed by atoms with Crippen molar-refractivity contribution in [2.45, 2.75) is 51.9 Å². The van der Waals surface area contributed by atoms with Crippen LogP contribution >= 0.6 is 0 Å². The van der Waals surface area contributed by atoms with Crippen molar-refractivity contribution in [1.82, 2.24) is 15.0 Å². The lowest BCUT2D eigenvalue weighted by Crippen LogP contribution is -2.03. The summed E-state index contributed by atoms with van der Waals surface area (Å²) in [6.45, 7) is 4.29. The molecule has 25 heavy (non-hydrogen) atoms. The quantitative estimate of drug-likeness (QED) is 0.474. The number of aromatic nitrogens is 3. The molecule has 0 spiro atoms. The second kappa shape index (κ2) is 7.55. The molecule has 132 valence electrons. The highest BCUT2D eigenvalue weighted by molar-refractivity contribution is 5.74. The zero-order valence-electron chi connectivity index (χ0n) is 14.8. The Hall–Kier alpha value is -2.56. The second-order valence-electron chi connectivity index (χ2n) is 6.45. The Balaban J connectivity index is 1.94. The Morgan fingerprint density at radius 2 is 1.60 bits per heavy atom. The van der Waals surface area contributed by atoms with Crippen LogP contribution in [-0.4, -0.2) is 25.2 Å². The van der Waals surface area contributed by atoms with Gasteiger partial charge in [-0.3, -0.25) is 0 Å². The van der Waals surface area contributed by atoms with Crippen LogP contribution < -0.4 is 0 Å². The topological polar surface area (TPSA) is 71.2 Å². The molecule has 0 aliphatic rings. The van der Waals surface area contributed by atoms with Crippen molar-refractivity contribution in [2.75, 3.05) is 0 Å². The van der Waals surface area contributed by atoms with Crippen LogP contribution in [0.2, 0.25) is 0 Å². The van der Waals surface area contributed by atoms with Crippen LogP contribution in [0.3, 0.4) is 0 Å². The van der Waals surface area contributed by atoms with Gasteiger partial charge in [0.2, 0.25) is 0 Å². The Morgan fingerprint density at radius 3 is 2.20 bits per heavy atom. The Kier molecular flexibility index (Phi) is 5.22. The summed E-state index contributed by atoms with van der Waals surface area (Å²) in [6, 6.07) is 11.2. The van der Waals surface area contributed by atoms with Crippen LogP contribution in [0.25, 0.3) is 16.7 Å². The standard InChI is InChI=1S/C20H25N3O2/c1-3-5-6-9-14(4-2)15-12-13-18(20(25)19(15)24)23-21-16-10-7-8-11-17(16)22-23/h7-8,10-14,24-25H,3-6,9H2,1-2H3. The molecule has 0 fully saturated rings. The zero-order valence-corrected chi connectivity index (χ0v) is 14.8. The van der Waals surface area contributed by atoms with Gasteiger partial charge in [0.05, 0.1) is 0 Å². The molecular weight excluding hydrogens is 314 g/mol. The van der Waals surface area contributed by atoms with Crippen molar-refractivity contribution in [3.05, 3.63) is 42.0 Å². The summed E-state index contributed by atoms with van der Waals surface area (Å²) >= 11 is 0. The van der Waals surface area contributed by atoms with Crippen LogP contribution in [0.4, 0.5) is 0 Å². The zero-order chi connectivity index (χ0) is 17.8. The molecule has 0 bridgehead atoms. The number of phenolic OH excluding ortho intramolecular Hbond substituents is 2. The highest BCUT2D eigenvalue weighted by atomic mass is 16.3. The molecule has 1 heterocycles. The predicted molar refractivity (Wildman–Crippen MR) is 99.4 cm³/mol. The van der Waals surface area contributed by atoms with E-state index in [1.54, 1.807) is 6.07 Å². The highest BCUT2D eigenvalue weighted by Crippen LogP contribution is 2.41. The largest absolute Gasteiger partial charge is 0.504 e. The molecule has 1 aromatic heterocycles. The van der Waals surface area contributed by atoms with Gasteiger partial charge in [-0.25, -0.2) is 0 Å². The van der Waals surface area contributed by atoms with Gasteiger partial charge in [0.25, 0.3) is 0 Å². The fraction of sp³-hybridized carbons (Fsp3) is 0.400. The fourth-order valence-electron chi connectivity index (χ4n) is 3.26. The van der Waals surface area contributed by atoms with Crippen LogP contribution in [0.5, 0.6) is 11.5 Å². The first-order chi connectivity index (χ1) is 12.2. The summed E-state index contributed by atoms with van der Waals surface area (Å²) in [6.07, 6.45) is 5.43. The Labute approximate surface area is 147 Å². The lowest BCUT2D eigenvalue weighted by atomic mass is 9.90. The number of phenols is 2. The van der Waals surface area contributed by atoms with Crippen LogP contribution in [-0.2, 0) is 0 Å². The van der Waals surface area contributed by atoms with E-state index in [2.05, 4.69) is 24.0 Å². The normalized spacial score (nSPS) is 12.6. The first kappa shape index (κ1) is 17.3. The summed E-state index contributed by atoms with van der Waals surface area (Å²) < 4.78 is 0. The smallest absolute Gasteiger partial charge is 0.185 e. The maximum Gasteiger partial charge on any atom is 0.185 e. The molecule has 3 aromatic rings. The summed E-state index contributed by atoms with van der Waals surface area (Å²) in [5.74, 6) is 0.0325. The van der Waals surface area contributed by atoms with E-state index in [1.807, 2.05) is 30.3 Å². The summed E-state index contributed by atoms with van der Waals surface area (Å²) in [5, 5.41) is 29.8. The van der Waals surface area contributed by atoms with Crippen LogP contribution in [0, 0.1) is 0 Å². The predicted octanol–water partition coefficient (Wildman–Crippen LogP) is 4.91. The van der Waals surface area contributed by atoms with Gasteiger partial charge in [0, 0.05) is 5.56 Å². The van der Waals surface area contributed by atoms with E-state index >= 15 is 0 Å². The van der Waals surface area contributed by atoms with Crippen molar-refractivity contribution in [1.29, 1.82) is 0 Å². The number of benzene rings is 2. The average molecular weight is 339 g/mol. The third kappa shape index (κ3) is 3.45. The van der Waals surface area contributed by atoms with Crippen molar-refractivity contribution in [3.63, 3.8) is 0 Å². The molecular formula is C20H25N3O2.